The zero-order chi connectivity index (χ0) is 45.5. The predicted octanol–water partition coefficient (Wildman–Crippen LogP) is 18.2. The molecule has 11 aromatic rings. The lowest BCUT2D eigenvalue weighted by atomic mass is 9.77. The summed E-state index contributed by atoms with van der Waals surface area (Å²) in [6, 6.07) is 69.0. The second-order valence-corrected chi connectivity index (χ2v) is 20.3. The van der Waals surface area contributed by atoms with Crippen molar-refractivity contribution >= 4 is 49.5 Å². The van der Waals surface area contributed by atoms with Crippen LogP contribution in [0.4, 0.5) is 0 Å². The molecule has 14 rings (SSSR count). The van der Waals surface area contributed by atoms with E-state index >= 15 is 0 Å². The molecule has 0 spiro atoms. The van der Waals surface area contributed by atoms with Crippen molar-refractivity contribution in [2.45, 2.75) is 50.9 Å². The van der Waals surface area contributed by atoms with Gasteiger partial charge in [0.15, 0.2) is 0 Å². The fraction of sp³-hybridized carbons (Fsp3) is 0.121. The average molecular weight is 873 g/mol. The molecule has 68 heavy (non-hydrogen) atoms. The van der Waals surface area contributed by atoms with E-state index in [1.165, 1.54) is 83.5 Å². The van der Waals surface area contributed by atoms with E-state index in [1.807, 2.05) is 0 Å². The van der Waals surface area contributed by atoms with Crippen molar-refractivity contribution in [1.82, 2.24) is 0 Å². The molecule has 2 aromatic heterocycles. The SMILES string of the molecule is CC1(C)C2=CC(c3ccc4oc5c(-c6ccccc6)c6oc7ccc(-c8ccc9c(c8)C(C)(C)c8cc(-c%10ccccc%10)ccc8-9)cc7c6cc5c4c3)CC=C2c2ccc(-c3ccccc3)cc21. The molecule has 0 saturated heterocycles. The van der Waals surface area contributed by atoms with Gasteiger partial charge >= 0.3 is 0 Å². The van der Waals surface area contributed by atoms with E-state index in [0.29, 0.717) is 0 Å². The van der Waals surface area contributed by atoms with Crippen molar-refractivity contribution in [2.75, 3.05) is 0 Å². The van der Waals surface area contributed by atoms with Crippen LogP contribution in [-0.4, -0.2) is 0 Å². The Morgan fingerprint density at radius 3 is 1.46 bits per heavy atom. The van der Waals surface area contributed by atoms with Crippen LogP contribution in [0.25, 0.3) is 105 Å². The molecule has 324 valence electrons. The van der Waals surface area contributed by atoms with Gasteiger partial charge in [-0.2, -0.15) is 0 Å². The Hall–Kier alpha value is -7.94. The molecule has 1 unspecified atom stereocenters. The third kappa shape index (κ3) is 5.70. The number of benzene rings is 9. The van der Waals surface area contributed by atoms with Crippen LogP contribution in [0.1, 0.15) is 67.9 Å². The highest BCUT2D eigenvalue weighted by Crippen LogP contribution is 2.55. The Kier molecular flexibility index (Phi) is 8.24. The smallest absolute Gasteiger partial charge is 0.147 e. The van der Waals surface area contributed by atoms with Crippen molar-refractivity contribution in [3.63, 3.8) is 0 Å². The Bertz CT molecular complexity index is 3970. The molecule has 3 aliphatic rings. The molecular weight excluding hydrogens is 825 g/mol. The molecule has 0 fully saturated rings. The lowest BCUT2D eigenvalue weighted by molar-refractivity contribution is 0.648. The lowest BCUT2D eigenvalue weighted by Gasteiger charge is -2.27. The van der Waals surface area contributed by atoms with Gasteiger partial charge in [-0.1, -0.05) is 179 Å². The second kappa shape index (κ2) is 14.3. The van der Waals surface area contributed by atoms with Crippen LogP contribution < -0.4 is 0 Å². The van der Waals surface area contributed by atoms with Gasteiger partial charge in [-0.05, 0) is 144 Å². The first-order valence-electron chi connectivity index (χ1n) is 24.1. The van der Waals surface area contributed by atoms with E-state index in [9.17, 15) is 0 Å². The standard InChI is InChI=1S/C66H48O2/c1-65(2)56-34-44(39-14-8-5-9-15-39)20-26-48(56)50-28-22-46(36-58(50)65)42-24-30-60-52(32-42)54-38-55-53-33-43(25-31-61(53)68-64(55)62(63(54)67-60)41-18-12-7-13-19-41)47-23-29-51-49-27-21-45(40-16-10-6-11-17-40)35-57(49)66(3,4)59(51)37-47/h5-22,24-38,47H,23H2,1-4H3. The van der Waals surface area contributed by atoms with Crippen molar-refractivity contribution in [3.05, 3.63) is 234 Å². The minimum absolute atomic E-state index is 0.109. The highest BCUT2D eigenvalue weighted by molar-refractivity contribution is 6.22. The molecule has 1 atom stereocenters. The number of furan rings is 2. The summed E-state index contributed by atoms with van der Waals surface area (Å²) >= 11 is 0. The van der Waals surface area contributed by atoms with Gasteiger partial charge in [0.05, 0.1) is 5.56 Å². The van der Waals surface area contributed by atoms with Gasteiger partial charge in [0.1, 0.15) is 22.3 Å². The summed E-state index contributed by atoms with van der Waals surface area (Å²) in [4.78, 5) is 0. The van der Waals surface area contributed by atoms with Gasteiger partial charge in [-0.3, -0.25) is 0 Å². The Morgan fingerprint density at radius 1 is 0.397 bits per heavy atom. The van der Waals surface area contributed by atoms with Gasteiger partial charge < -0.3 is 8.83 Å². The predicted molar refractivity (Wildman–Crippen MR) is 283 cm³/mol. The van der Waals surface area contributed by atoms with Crippen molar-refractivity contribution in [2.24, 2.45) is 0 Å². The van der Waals surface area contributed by atoms with E-state index in [2.05, 4.69) is 228 Å². The fourth-order valence-electron chi connectivity index (χ4n) is 12.2. The summed E-state index contributed by atoms with van der Waals surface area (Å²) in [5.74, 6) is 0.246. The quantitative estimate of drug-likeness (QED) is 0.172. The second-order valence-electron chi connectivity index (χ2n) is 20.3. The van der Waals surface area contributed by atoms with Gasteiger partial charge in [-0.15, -0.1) is 0 Å². The van der Waals surface area contributed by atoms with E-state index in [-0.39, 0.29) is 16.7 Å². The molecular formula is C66H48O2. The van der Waals surface area contributed by atoms with Crippen LogP contribution in [0.2, 0.25) is 0 Å². The van der Waals surface area contributed by atoms with Crippen LogP contribution in [-0.2, 0) is 10.8 Å². The molecule has 3 aliphatic carbocycles. The number of fused-ring (bicyclic) bond motifs is 12. The molecule has 0 amide bonds. The maximum absolute atomic E-state index is 6.90. The van der Waals surface area contributed by atoms with E-state index in [0.717, 1.165) is 61.4 Å². The summed E-state index contributed by atoms with van der Waals surface area (Å²) in [5.41, 5.74) is 25.0. The third-order valence-electron chi connectivity index (χ3n) is 15.8. The van der Waals surface area contributed by atoms with Crippen molar-refractivity contribution < 1.29 is 8.83 Å². The van der Waals surface area contributed by atoms with Crippen LogP contribution in [0.15, 0.2) is 215 Å². The summed E-state index contributed by atoms with van der Waals surface area (Å²) in [6.07, 6.45) is 5.99. The van der Waals surface area contributed by atoms with Gasteiger partial charge in [0, 0.05) is 38.3 Å². The molecule has 0 aliphatic heterocycles. The Labute approximate surface area is 396 Å². The fourth-order valence-corrected chi connectivity index (χ4v) is 12.2. The topological polar surface area (TPSA) is 26.3 Å². The summed E-state index contributed by atoms with van der Waals surface area (Å²) < 4.78 is 13.8. The monoisotopic (exact) mass is 872 g/mol. The number of hydrogen-bond acceptors (Lipinski definition) is 2. The molecule has 9 aromatic carbocycles. The first-order valence-corrected chi connectivity index (χ1v) is 24.1. The summed E-state index contributed by atoms with van der Waals surface area (Å²) in [7, 11) is 0. The van der Waals surface area contributed by atoms with Crippen LogP contribution in [0.3, 0.4) is 0 Å². The largest absolute Gasteiger partial charge is 0.455 e. The molecule has 2 heteroatoms. The number of hydrogen-bond donors (Lipinski definition) is 0. The van der Waals surface area contributed by atoms with Gasteiger partial charge in [0.25, 0.3) is 0 Å². The maximum atomic E-state index is 6.90. The van der Waals surface area contributed by atoms with Crippen LogP contribution >= 0.6 is 0 Å². The minimum Gasteiger partial charge on any atom is -0.455 e. The minimum atomic E-state index is -0.146. The molecule has 0 bridgehead atoms. The van der Waals surface area contributed by atoms with Gasteiger partial charge in [0.2, 0.25) is 0 Å². The molecule has 0 radical (unpaired) electrons. The Morgan fingerprint density at radius 2 is 0.868 bits per heavy atom. The molecule has 2 nitrogen and oxygen atoms in total. The highest BCUT2D eigenvalue weighted by atomic mass is 16.3. The summed E-state index contributed by atoms with van der Waals surface area (Å²) in [6.45, 7) is 9.53. The highest BCUT2D eigenvalue weighted by Gasteiger charge is 2.40. The lowest BCUT2D eigenvalue weighted by Crippen LogP contribution is -2.17. The van der Waals surface area contributed by atoms with Crippen LogP contribution in [0.5, 0.6) is 0 Å². The molecule has 2 heterocycles. The van der Waals surface area contributed by atoms with Crippen LogP contribution in [0, 0.1) is 0 Å². The first kappa shape index (κ1) is 39.2. The number of rotatable bonds is 5. The third-order valence-corrected chi connectivity index (χ3v) is 15.8. The first-order chi connectivity index (χ1) is 33.2. The molecule has 0 N–H and O–H groups in total. The maximum Gasteiger partial charge on any atom is 0.147 e. The zero-order valence-corrected chi connectivity index (χ0v) is 38.7. The molecule has 0 saturated carbocycles. The van der Waals surface area contributed by atoms with E-state index in [1.54, 1.807) is 0 Å². The normalized spacial score (nSPS) is 16.4. The van der Waals surface area contributed by atoms with Crippen molar-refractivity contribution in [3.8, 4) is 55.6 Å². The van der Waals surface area contributed by atoms with E-state index < -0.39 is 0 Å². The van der Waals surface area contributed by atoms with Crippen molar-refractivity contribution in [1.29, 1.82) is 0 Å². The van der Waals surface area contributed by atoms with Gasteiger partial charge in [-0.25, -0.2) is 0 Å². The zero-order valence-electron chi connectivity index (χ0n) is 38.7. The Balaban J connectivity index is 0.874. The van der Waals surface area contributed by atoms with E-state index in [4.69, 9.17) is 8.83 Å². The number of allylic oxidation sites excluding steroid dienone is 4. The summed E-state index contributed by atoms with van der Waals surface area (Å²) in [5, 5.41) is 4.43. The average Bonchev–Trinajstić information content (AvgIpc) is 4.07.